The molecule has 4 fully saturated rings. The molecule has 18 heteroatoms. The van der Waals surface area contributed by atoms with Gasteiger partial charge in [0.25, 0.3) is 0 Å². The summed E-state index contributed by atoms with van der Waals surface area (Å²) in [6, 6.07) is 10.1. The summed E-state index contributed by atoms with van der Waals surface area (Å²) in [5.41, 5.74) is 2.44. The molecule has 1 atom stereocenters. The van der Waals surface area contributed by atoms with Crippen LogP contribution in [0.15, 0.2) is 52.3 Å². The zero-order chi connectivity index (χ0) is 43.2. The first-order valence-electron chi connectivity index (χ1n) is 21.4. The lowest BCUT2D eigenvalue weighted by Gasteiger charge is -2.40. The van der Waals surface area contributed by atoms with E-state index in [1.54, 1.807) is 35.0 Å². The van der Waals surface area contributed by atoms with E-state index in [0.29, 0.717) is 54.7 Å². The number of fused-ring (bicyclic) bond motifs is 1. The summed E-state index contributed by atoms with van der Waals surface area (Å²) >= 11 is 0. The molecule has 0 radical (unpaired) electrons. The number of nitrogens with one attached hydrogen (secondary N) is 2. The minimum Gasteiger partial charge on any atom is -0.370 e. The molecule has 4 aliphatic rings. The van der Waals surface area contributed by atoms with Crippen molar-refractivity contribution in [3.05, 3.63) is 69.9 Å². The number of imide groups is 1. The van der Waals surface area contributed by atoms with Crippen LogP contribution < -0.4 is 21.2 Å². The SMILES string of the molecule is Cc1cc(S(=O)(=O)N2CCC(CN(C)C3CCN(c4cccc5c4n(C)c(=O)n5C4CCC(=O)NC4=O)CC3)CC2)ccc1Nc1ncc(C(F)(F)F)c(C2CCCCC2)n1. The molecule has 328 valence electrons. The molecule has 2 N–H and O–H groups in total. The summed E-state index contributed by atoms with van der Waals surface area (Å²) in [7, 11) is 0.0796. The van der Waals surface area contributed by atoms with Crippen LogP contribution in [0.4, 0.5) is 30.5 Å². The fraction of sp³-hybridized carbons (Fsp3) is 0.558. The number of anilines is 3. The van der Waals surface area contributed by atoms with E-state index < -0.39 is 33.7 Å². The van der Waals surface area contributed by atoms with Crippen LogP contribution in [0.25, 0.3) is 11.0 Å². The average Bonchev–Trinajstić information content (AvgIpc) is 3.50. The monoisotopic (exact) mass is 865 g/mol. The molecule has 2 aromatic heterocycles. The number of rotatable bonds is 10. The first-order chi connectivity index (χ1) is 29.1. The number of amides is 2. The lowest BCUT2D eigenvalue weighted by atomic mass is 9.85. The van der Waals surface area contributed by atoms with Crippen molar-refractivity contribution in [2.24, 2.45) is 13.0 Å². The van der Waals surface area contributed by atoms with Crippen molar-refractivity contribution in [3.63, 3.8) is 0 Å². The lowest BCUT2D eigenvalue weighted by molar-refractivity contribution is -0.139. The Bertz CT molecular complexity index is 2470. The van der Waals surface area contributed by atoms with Gasteiger partial charge in [-0.3, -0.25) is 24.0 Å². The number of carbonyl (C=O) groups excluding carboxylic acids is 2. The maximum absolute atomic E-state index is 13.9. The van der Waals surface area contributed by atoms with E-state index >= 15 is 0 Å². The topological polar surface area (TPSA) is 155 Å². The van der Waals surface area contributed by atoms with E-state index in [0.717, 1.165) is 82.0 Å². The van der Waals surface area contributed by atoms with Crippen LogP contribution in [0, 0.1) is 12.8 Å². The van der Waals surface area contributed by atoms with Gasteiger partial charge < -0.3 is 15.1 Å². The first-order valence-corrected chi connectivity index (χ1v) is 22.8. The molecule has 1 aliphatic carbocycles. The highest BCUT2D eigenvalue weighted by Gasteiger charge is 2.38. The van der Waals surface area contributed by atoms with Crippen LogP contribution in [0.1, 0.15) is 99.4 Å². The van der Waals surface area contributed by atoms with Gasteiger partial charge in [0.2, 0.25) is 27.8 Å². The van der Waals surface area contributed by atoms with Crippen LogP contribution in [0.2, 0.25) is 0 Å². The number of hydrogen-bond donors (Lipinski definition) is 2. The molecule has 3 aliphatic heterocycles. The number of nitrogens with zero attached hydrogens (tertiary/aromatic N) is 7. The molecule has 1 saturated carbocycles. The minimum absolute atomic E-state index is 0.0167. The van der Waals surface area contributed by atoms with Crippen molar-refractivity contribution in [2.45, 2.75) is 107 Å². The molecule has 0 bridgehead atoms. The van der Waals surface area contributed by atoms with Crippen molar-refractivity contribution in [1.82, 2.24) is 33.6 Å². The highest BCUT2D eigenvalue weighted by Crippen LogP contribution is 2.40. The Labute approximate surface area is 353 Å². The third-order valence-electron chi connectivity index (χ3n) is 13.3. The number of carbonyl (C=O) groups is 2. The normalized spacial score (nSPS) is 20.8. The van der Waals surface area contributed by atoms with E-state index in [1.165, 1.54) is 10.6 Å². The molecule has 3 saturated heterocycles. The van der Waals surface area contributed by atoms with Gasteiger partial charge in [-0.05, 0) is 101 Å². The smallest absolute Gasteiger partial charge is 0.370 e. The van der Waals surface area contributed by atoms with Crippen LogP contribution in [0.5, 0.6) is 0 Å². The van der Waals surface area contributed by atoms with Crippen molar-refractivity contribution in [1.29, 1.82) is 0 Å². The molecule has 5 heterocycles. The number of alkyl halides is 3. The summed E-state index contributed by atoms with van der Waals surface area (Å²) in [6.07, 6.45) is 4.07. The van der Waals surface area contributed by atoms with Crippen molar-refractivity contribution in [2.75, 3.05) is 50.0 Å². The predicted octanol–water partition coefficient (Wildman–Crippen LogP) is 6.23. The fourth-order valence-electron chi connectivity index (χ4n) is 9.91. The highest BCUT2D eigenvalue weighted by molar-refractivity contribution is 7.89. The van der Waals surface area contributed by atoms with E-state index in [-0.39, 0.29) is 46.9 Å². The number of aryl methyl sites for hydroxylation is 2. The number of hydrogen-bond acceptors (Lipinski definition) is 10. The van der Waals surface area contributed by atoms with Crippen LogP contribution >= 0.6 is 0 Å². The Morgan fingerprint density at radius 1 is 0.934 bits per heavy atom. The Kier molecular flexibility index (Phi) is 12.1. The van der Waals surface area contributed by atoms with E-state index in [4.69, 9.17) is 0 Å². The second kappa shape index (κ2) is 17.2. The molecule has 0 spiro atoms. The van der Waals surface area contributed by atoms with Gasteiger partial charge in [0, 0.05) is 70.0 Å². The molecule has 14 nitrogen and oxygen atoms in total. The molecule has 4 aromatic rings. The van der Waals surface area contributed by atoms with Crippen molar-refractivity contribution in [3.8, 4) is 0 Å². The molecule has 2 aromatic carbocycles. The largest absolute Gasteiger partial charge is 0.419 e. The number of benzene rings is 2. The van der Waals surface area contributed by atoms with E-state index in [2.05, 4.69) is 37.4 Å². The third kappa shape index (κ3) is 8.67. The minimum atomic E-state index is -4.55. The van der Waals surface area contributed by atoms with Gasteiger partial charge in [-0.25, -0.2) is 23.2 Å². The maximum atomic E-state index is 13.9. The molecule has 8 rings (SSSR count). The third-order valence-corrected chi connectivity index (χ3v) is 15.2. The molecule has 1 unspecified atom stereocenters. The number of para-hydroxylation sites is 1. The summed E-state index contributed by atoms with van der Waals surface area (Å²) < 4.78 is 73.9. The summed E-state index contributed by atoms with van der Waals surface area (Å²) in [5.74, 6) is -0.681. The van der Waals surface area contributed by atoms with Crippen molar-refractivity contribution >= 4 is 50.2 Å². The molecule has 61 heavy (non-hydrogen) atoms. The summed E-state index contributed by atoms with van der Waals surface area (Å²) in [5, 5.41) is 5.41. The van der Waals surface area contributed by atoms with Gasteiger partial charge in [-0.15, -0.1) is 0 Å². The quantitative estimate of drug-likeness (QED) is 0.176. The van der Waals surface area contributed by atoms with Gasteiger partial charge in [0.15, 0.2) is 0 Å². The number of aromatic nitrogens is 4. The molecular formula is C43H54F3N9O5S. The zero-order valence-corrected chi connectivity index (χ0v) is 35.7. The second-order valence-electron chi connectivity index (χ2n) is 17.3. The van der Waals surface area contributed by atoms with Gasteiger partial charge in [0.05, 0.1) is 32.9 Å². The Hall–Kier alpha value is -4.81. The molecular weight excluding hydrogens is 812 g/mol. The summed E-state index contributed by atoms with van der Waals surface area (Å²) in [6.45, 7) is 4.99. The second-order valence-corrected chi connectivity index (χ2v) is 19.2. The number of sulfonamides is 1. The standard InChI is InChI=1S/C43H54F3N9O5S/c1-27-24-31(12-13-33(27)48-41-47-25-32(43(44,45)46)38(50-41)29-8-5-4-6-9-29)61(59,60)54-22-16-28(17-23-54)26-51(2)30-18-20-53(21-19-30)34-10-7-11-35-39(34)52(3)42(58)55(35)36-14-15-37(56)49-40(36)57/h7,10-13,24-25,28-30,36H,4-6,8-9,14-23,26H2,1-3H3,(H,47,48,50)(H,49,56,57). The number of imidazole rings is 1. The van der Waals surface area contributed by atoms with Gasteiger partial charge in [-0.1, -0.05) is 25.3 Å². The van der Waals surface area contributed by atoms with Crippen LogP contribution in [-0.2, 0) is 32.8 Å². The van der Waals surface area contributed by atoms with Gasteiger partial charge in [-0.2, -0.15) is 17.5 Å². The maximum Gasteiger partial charge on any atom is 0.419 e. The summed E-state index contributed by atoms with van der Waals surface area (Å²) in [4.78, 5) is 51.2. The van der Waals surface area contributed by atoms with Gasteiger partial charge in [0.1, 0.15) is 6.04 Å². The zero-order valence-electron chi connectivity index (χ0n) is 34.9. The predicted molar refractivity (Wildman–Crippen MR) is 225 cm³/mol. The number of halogens is 3. The van der Waals surface area contributed by atoms with Crippen molar-refractivity contribution < 1.29 is 31.2 Å². The van der Waals surface area contributed by atoms with Crippen LogP contribution in [-0.4, -0.2) is 94.4 Å². The molecule has 2 amide bonds. The Morgan fingerprint density at radius 2 is 1.66 bits per heavy atom. The number of piperidine rings is 3. The van der Waals surface area contributed by atoms with Gasteiger partial charge >= 0.3 is 11.9 Å². The van der Waals surface area contributed by atoms with Crippen LogP contribution in [0.3, 0.4) is 0 Å². The lowest BCUT2D eigenvalue weighted by Crippen LogP contribution is -2.46. The Balaban J connectivity index is 0.855. The average molecular weight is 866 g/mol. The fourth-order valence-corrected chi connectivity index (χ4v) is 11.5. The Morgan fingerprint density at radius 3 is 2.33 bits per heavy atom. The van der Waals surface area contributed by atoms with E-state index in [9.17, 15) is 36.0 Å². The highest BCUT2D eigenvalue weighted by atomic mass is 32.2. The first kappa shape index (κ1) is 42.9. The van der Waals surface area contributed by atoms with E-state index in [1.807, 2.05) is 18.2 Å².